The van der Waals surface area contributed by atoms with Crippen molar-refractivity contribution in [1.82, 2.24) is 4.90 Å². The highest BCUT2D eigenvalue weighted by atomic mass is 16.5. The van der Waals surface area contributed by atoms with Gasteiger partial charge in [-0.3, -0.25) is 4.79 Å². The van der Waals surface area contributed by atoms with Gasteiger partial charge in [-0.15, -0.1) is 0 Å². The van der Waals surface area contributed by atoms with Crippen molar-refractivity contribution in [3.8, 4) is 0 Å². The van der Waals surface area contributed by atoms with Gasteiger partial charge in [0, 0.05) is 19.0 Å². The quantitative estimate of drug-likeness (QED) is 0.810. The van der Waals surface area contributed by atoms with Crippen molar-refractivity contribution < 1.29 is 9.53 Å². The maximum Gasteiger partial charge on any atom is 0.225 e. The second kappa shape index (κ2) is 5.83. The van der Waals surface area contributed by atoms with Crippen LogP contribution in [0.3, 0.4) is 0 Å². The van der Waals surface area contributed by atoms with Crippen LogP contribution in [-0.2, 0) is 9.53 Å². The molecule has 0 aromatic rings. The molecule has 0 aromatic carbocycles. The molecule has 0 aromatic heterocycles. The van der Waals surface area contributed by atoms with Crippen LogP contribution in [-0.4, -0.2) is 42.1 Å². The van der Waals surface area contributed by atoms with Gasteiger partial charge in [-0.05, 0) is 40.2 Å². The number of amides is 1. The molecule has 2 N–H and O–H groups in total. The van der Waals surface area contributed by atoms with Gasteiger partial charge in [-0.2, -0.15) is 0 Å². The van der Waals surface area contributed by atoms with Gasteiger partial charge in [-0.25, -0.2) is 0 Å². The second-order valence-corrected chi connectivity index (χ2v) is 5.74. The number of carbonyl (C=O) groups excluding carboxylic acids is 1. The third kappa shape index (κ3) is 4.28. The van der Waals surface area contributed by atoms with E-state index in [1.807, 2.05) is 32.6 Å². The summed E-state index contributed by atoms with van der Waals surface area (Å²) in [6.45, 7) is 10.1. The number of nitrogens with two attached hydrogens (primary N) is 1. The van der Waals surface area contributed by atoms with E-state index in [9.17, 15) is 4.79 Å². The Balaban J connectivity index is 2.56. The zero-order chi connectivity index (χ0) is 13.1. The first kappa shape index (κ1) is 14.5. The Morgan fingerprint density at radius 1 is 1.59 bits per heavy atom. The summed E-state index contributed by atoms with van der Waals surface area (Å²) >= 11 is 0. The normalized spacial score (nSPS) is 25.7. The van der Waals surface area contributed by atoms with Gasteiger partial charge in [0.15, 0.2) is 0 Å². The highest BCUT2D eigenvalue weighted by Gasteiger charge is 2.34. The second-order valence-electron chi connectivity index (χ2n) is 5.74. The molecule has 0 bridgehead atoms. The van der Waals surface area contributed by atoms with Crippen LogP contribution in [0.2, 0.25) is 0 Å². The van der Waals surface area contributed by atoms with Crippen molar-refractivity contribution in [1.29, 1.82) is 0 Å². The van der Waals surface area contributed by atoms with E-state index < -0.39 is 0 Å². The number of ether oxygens (including phenoxy) is 1. The summed E-state index contributed by atoms with van der Waals surface area (Å²) in [4.78, 5) is 14.2. The van der Waals surface area contributed by atoms with E-state index in [4.69, 9.17) is 10.5 Å². The summed E-state index contributed by atoms with van der Waals surface area (Å²) in [7, 11) is 0. The Kier molecular flexibility index (Phi) is 4.95. The van der Waals surface area contributed by atoms with Gasteiger partial charge < -0.3 is 15.4 Å². The molecule has 1 rings (SSSR count). The molecule has 1 aliphatic heterocycles. The van der Waals surface area contributed by atoms with Gasteiger partial charge in [-0.1, -0.05) is 6.92 Å². The lowest BCUT2D eigenvalue weighted by Gasteiger charge is -2.42. The Bertz CT molecular complexity index is 266. The van der Waals surface area contributed by atoms with Crippen LogP contribution in [0.4, 0.5) is 0 Å². The highest BCUT2D eigenvalue weighted by Crippen LogP contribution is 2.22. The monoisotopic (exact) mass is 242 g/mol. The van der Waals surface area contributed by atoms with Crippen molar-refractivity contribution in [2.75, 3.05) is 19.6 Å². The molecule has 1 heterocycles. The maximum absolute atomic E-state index is 12.3. The minimum atomic E-state index is -0.235. The first-order chi connectivity index (χ1) is 7.85. The lowest BCUT2D eigenvalue weighted by molar-refractivity contribution is -0.161. The number of hydrogen-bond acceptors (Lipinski definition) is 3. The summed E-state index contributed by atoms with van der Waals surface area (Å²) in [6.07, 6.45) is 1.90. The molecular weight excluding hydrogens is 216 g/mol. The molecule has 1 saturated heterocycles. The number of hydrogen-bond donors (Lipinski definition) is 1. The molecule has 0 radical (unpaired) electrons. The molecule has 17 heavy (non-hydrogen) atoms. The number of nitrogens with zero attached hydrogens (tertiary/aromatic N) is 1. The van der Waals surface area contributed by atoms with Crippen LogP contribution in [0, 0.1) is 5.92 Å². The first-order valence-electron chi connectivity index (χ1n) is 6.52. The minimum absolute atomic E-state index is 0.0691. The number of carbonyl (C=O) groups is 1. The van der Waals surface area contributed by atoms with Crippen molar-refractivity contribution in [2.24, 2.45) is 11.7 Å². The first-order valence-corrected chi connectivity index (χ1v) is 6.52. The maximum atomic E-state index is 12.3. The van der Waals surface area contributed by atoms with Crippen LogP contribution in [0.1, 0.15) is 40.5 Å². The van der Waals surface area contributed by atoms with E-state index in [1.54, 1.807) is 0 Å². The van der Waals surface area contributed by atoms with Crippen molar-refractivity contribution in [2.45, 2.75) is 52.2 Å². The Morgan fingerprint density at radius 2 is 2.24 bits per heavy atom. The fourth-order valence-electron chi connectivity index (χ4n) is 2.48. The van der Waals surface area contributed by atoms with E-state index in [0.717, 1.165) is 12.8 Å². The van der Waals surface area contributed by atoms with Gasteiger partial charge in [0.2, 0.25) is 5.91 Å². The average molecular weight is 242 g/mol. The van der Waals surface area contributed by atoms with Crippen LogP contribution in [0.25, 0.3) is 0 Å². The van der Waals surface area contributed by atoms with E-state index in [1.165, 1.54) is 0 Å². The molecule has 2 unspecified atom stereocenters. The SMILES string of the molecule is CC1CN(C(=O)C(C)CCCN)CC(C)(C)O1. The highest BCUT2D eigenvalue weighted by molar-refractivity contribution is 5.78. The summed E-state index contributed by atoms with van der Waals surface area (Å²) in [5, 5.41) is 0. The molecule has 4 heteroatoms. The fraction of sp³-hybridized carbons (Fsp3) is 0.923. The topological polar surface area (TPSA) is 55.6 Å². The molecule has 100 valence electrons. The third-order valence-corrected chi connectivity index (χ3v) is 3.14. The smallest absolute Gasteiger partial charge is 0.225 e. The molecule has 0 saturated carbocycles. The van der Waals surface area contributed by atoms with Gasteiger partial charge >= 0.3 is 0 Å². The molecule has 0 aliphatic carbocycles. The minimum Gasteiger partial charge on any atom is -0.369 e. The van der Waals surface area contributed by atoms with Crippen molar-refractivity contribution >= 4 is 5.91 Å². The molecule has 4 nitrogen and oxygen atoms in total. The summed E-state index contributed by atoms with van der Waals surface area (Å²) in [5.74, 6) is 0.307. The lowest BCUT2D eigenvalue weighted by Crippen LogP contribution is -2.54. The number of morpholine rings is 1. The van der Waals surface area contributed by atoms with Gasteiger partial charge in [0.05, 0.1) is 11.7 Å². The predicted octanol–water partition coefficient (Wildman–Crippen LogP) is 1.39. The van der Waals surface area contributed by atoms with Crippen LogP contribution >= 0.6 is 0 Å². The lowest BCUT2D eigenvalue weighted by atomic mass is 10.00. The zero-order valence-corrected chi connectivity index (χ0v) is 11.5. The van der Waals surface area contributed by atoms with E-state index in [-0.39, 0.29) is 23.5 Å². The largest absolute Gasteiger partial charge is 0.369 e. The van der Waals surface area contributed by atoms with Crippen LogP contribution in [0.5, 0.6) is 0 Å². The van der Waals surface area contributed by atoms with Crippen LogP contribution in [0.15, 0.2) is 0 Å². The van der Waals surface area contributed by atoms with E-state index in [0.29, 0.717) is 19.6 Å². The summed E-state index contributed by atoms with van der Waals surface area (Å²) in [5.41, 5.74) is 5.24. The third-order valence-electron chi connectivity index (χ3n) is 3.14. The fourth-order valence-corrected chi connectivity index (χ4v) is 2.48. The van der Waals surface area contributed by atoms with E-state index >= 15 is 0 Å². The van der Waals surface area contributed by atoms with E-state index in [2.05, 4.69) is 0 Å². The standard InChI is InChI=1S/C13H26N2O2/c1-10(6-5-7-14)12(16)15-8-11(2)17-13(3,4)9-15/h10-11H,5-9,14H2,1-4H3. The van der Waals surface area contributed by atoms with Crippen molar-refractivity contribution in [3.05, 3.63) is 0 Å². The van der Waals surface area contributed by atoms with Crippen molar-refractivity contribution in [3.63, 3.8) is 0 Å². The predicted molar refractivity (Wildman–Crippen MR) is 68.7 cm³/mol. The molecular formula is C13H26N2O2. The van der Waals surface area contributed by atoms with Gasteiger partial charge in [0.1, 0.15) is 0 Å². The Labute approximate surface area is 104 Å². The molecule has 1 aliphatic rings. The van der Waals surface area contributed by atoms with Crippen LogP contribution < -0.4 is 5.73 Å². The molecule has 2 atom stereocenters. The molecule has 0 spiro atoms. The summed E-state index contributed by atoms with van der Waals surface area (Å²) < 4.78 is 5.80. The summed E-state index contributed by atoms with van der Waals surface area (Å²) in [6, 6.07) is 0. The molecule has 1 amide bonds. The average Bonchev–Trinajstić information content (AvgIpc) is 2.21. The zero-order valence-electron chi connectivity index (χ0n) is 11.5. The molecule has 1 fully saturated rings. The van der Waals surface area contributed by atoms with Gasteiger partial charge in [0.25, 0.3) is 0 Å². The Hall–Kier alpha value is -0.610. The number of rotatable bonds is 4. The Morgan fingerprint density at radius 3 is 2.76 bits per heavy atom.